The molecule has 2 aromatic heterocycles. The van der Waals surface area contributed by atoms with Crippen molar-refractivity contribution in [1.82, 2.24) is 19.5 Å². The largest absolute Gasteiger partial charge is 0.492 e. The number of rotatable bonds is 7. The van der Waals surface area contributed by atoms with Gasteiger partial charge in [-0.05, 0) is 75.3 Å². The lowest BCUT2D eigenvalue weighted by Gasteiger charge is -2.15. The molecule has 1 fully saturated rings. The highest BCUT2D eigenvalue weighted by atomic mass is 16.5. The maximum atomic E-state index is 5.89. The zero-order valence-electron chi connectivity index (χ0n) is 17.8. The first-order valence-electron chi connectivity index (χ1n) is 10.9. The second-order valence-electron chi connectivity index (χ2n) is 8.03. The number of likely N-dealkylation sites (tertiary alicyclic amines) is 1. The van der Waals surface area contributed by atoms with Gasteiger partial charge in [-0.15, -0.1) is 5.10 Å². The molecule has 0 unspecified atom stereocenters. The van der Waals surface area contributed by atoms with Crippen molar-refractivity contribution >= 4 is 17.3 Å². The number of aryl methyl sites for hydroxylation is 1. The smallest absolute Gasteiger partial charge is 0.247 e. The second-order valence-corrected chi connectivity index (χ2v) is 8.03. The summed E-state index contributed by atoms with van der Waals surface area (Å²) in [5, 5.41) is 7.99. The van der Waals surface area contributed by atoms with E-state index in [0.717, 1.165) is 41.5 Å². The minimum absolute atomic E-state index is 0.572. The van der Waals surface area contributed by atoms with Gasteiger partial charge in [0.05, 0.1) is 5.69 Å². The van der Waals surface area contributed by atoms with Crippen molar-refractivity contribution in [3.8, 4) is 17.0 Å². The Kier molecular flexibility index (Phi) is 5.54. The number of hydrogen-bond acceptors (Lipinski definition) is 5. The summed E-state index contributed by atoms with van der Waals surface area (Å²) in [7, 11) is 0. The molecular weight excluding hydrogens is 386 g/mol. The molecule has 1 aliphatic heterocycles. The molecule has 0 bridgehead atoms. The summed E-state index contributed by atoms with van der Waals surface area (Å²) < 4.78 is 7.77. The van der Waals surface area contributed by atoms with Gasteiger partial charge in [0.25, 0.3) is 0 Å². The van der Waals surface area contributed by atoms with Crippen LogP contribution in [0.15, 0.2) is 66.7 Å². The molecule has 2 aromatic carbocycles. The van der Waals surface area contributed by atoms with E-state index in [1.165, 1.54) is 31.5 Å². The Morgan fingerprint density at radius 2 is 1.77 bits per heavy atom. The van der Waals surface area contributed by atoms with E-state index in [2.05, 4.69) is 57.6 Å². The molecular formula is C25H27N5O. The average Bonchev–Trinajstić information content (AvgIpc) is 3.44. The Morgan fingerprint density at radius 3 is 2.58 bits per heavy atom. The van der Waals surface area contributed by atoms with Crippen LogP contribution >= 0.6 is 0 Å². The molecule has 5 rings (SSSR count). The van der Waals surface area contributed by atoms with E-state index in [1.54, 1.807) is 0 Å². The van der Waals surface area contributed by atoms with E-state index in [0.29, 0.717) is 5.95 Å². The first-order chi connectivity index (χ1) is 15.2. The number of nitrogens with one attached hydrogen (secondary N) is 1. The molecule has 0 saturated carbocycles. The van der Waals surface area contributed by atoms with Gasteiger partial charge in [-0.1, -0.05) is 29.8 Å². The van der Waals surface area contributed by atoms with Crippen LogP contribution in [-0.4, -0.2) is 45.7 Å². The van der Waals surface area contributed by atoms with E-state index in [9.17, 15) is 0 Å². The lowest BCUT2D eigenvalue weighted by molar-refractivity contribution is 0.238. The van der Waals surface area contributed by atoms with Crippen LogP contribution in [-0.2, 0) is 0 Å². The Morgan fingerprint density at radius 1 is 0.968 bits per heavy atom. The molecule has 0 aliphatic carbocycles. The number of nitrogens with zero attached hydrogens (tertiary/aromatic N) is 4. The highest BCUT2D eigenvalue weighted by molar-refractivity contribution is 5.65. The summed E-state index contributed by atoms with van der Waals surface area (Å²) >= 11 is 0. The van der Waals surface area contributed by atoms with Gasteiger partial charge >= 0.3 is 0 Å². The van der Waals surface area contributed by atoms with Crippen molar-refractivity contribution < 1.29 is 4.74 Å². The molecule has 0 amide bonds. The normalized spacial score (nSPS) is 14.2. The van der Waals surface area contributed by atoms with Gasteiger partial charge in [-0.3, -0.25) is 4.90 Å². The van der Waals surface area contributed by atoms with Crippen molar-refractivity contribution in [2.45, 2.75) is 19.8 Å². The Hall–Kier alpha value is -3.38. The van der Waals surface area contributed by atoms with Gasteiger partial charge in [0, 0.05) is 17.8 Å². The third kappa shape index (κ3) is 4.54. The van der Waals surface area contributed by atoms with Gasteiger partial charge in [-0.25, -0.2) is 4.52 Å². The predicted octanol–water partition coefficient (Wildman–Crippen LogP) is 4.92. The van der Waals surface area contributed by atoms with Crippen LogP contribution in [0.3, 0.4) is 0 Å². The molecule has 1 N–H and O–H groups in total. The molecule has 0 spiro atoms. The van der Waals surface area contributed by atoms with Crippen molar-refractivity contribution in [3.05, 3.63) is 72.3 Å². The summed E-state index contributed by atoms with van der Waals surface area (Å²) in [5.74, 6) is 1.46. The summed E-state index contributed by atoms with van der Waals surface area (Å²) in [5.41, 5.74) is 5.10. The molecule has 158 valence electrons. The summed E-state index contributed by atoms with van der Waals surface area (Å²) in [4.78, 5) is 7.09. The van der Waals surface area contributed by atoms with Gasteiger partial charge in [0.2, 0.25) is 5.95 Å². The maximum absolute atomic E-state index is 5.89. The fraction of sp³-hybridized carbons (Fsp3) is 0.280. The third-order valence-corrected chi connectivity index (χ3v) is 5.66. The first-order valence-corrected chi connectivity index (χ1v) is 10.9. The number of fused-ring (bicyclic) bond motifs is 1. The molecule has 4 aromatic rings. The third-order valence-electron chi connectivity index (χ3n) is 5.66. The minimum Gasteiger partial charge on any atom is -0.492 e. The number of pyridine rings is 1. The van der Waals surface area contributed by atoms with Crippen molar-refractivity contribution in [3.63, 3.8) is 0 Å². The van der Waals surface area contributed by atoms with Crippen LogP contribution in [0, 0.1) is 6.92 Å². The molecule has 0 atom stereocenters. The Labute approximate surface area is 182 Å². The highest BCUT2D eigenvalue weighted by Gasteiger charge is 2.11. The fourth-order valence-electron chi connectivity index (χ4n) is 4.04. The topological polar surface area (TPSA) is 54.7 Å². The van der Waals surface area contributed by atoms with E-state index >= 15 is 0 Å². The number of aromatic nitrogens is 3. The van der Waals surface area contributed by atoms with Crippen LogP contribution in [0.1, 0.15) is 18.4 Å². The predicted molar refractivity (Wildman–Crippen MR) is 124 cm³/mol. The lowest BCUT2D eigenvalue weighted by Crippen LogP contribution is -2.25. The number of benzene rings is 2. The number of ether oxygens (including phenoxy) is 1. The van der Waals surface area contributed by atoms with Gasteiger partial charge < -0.3 is 10.1 Å². The molecule has 1 aliphatic rings. The fourth-order valence-corrected chi connectivity index (χ4v) is 4.04. The Balaban J connectivity index is 1.27. The summed E-state index contributed by atoms with van der Waals surface area (Å²) in [6.07, 6.45) is 2.62. The van der Waals surface area contributed by atoms with E-state index in [1.807, 2.05) is 40.9 Å². The van der Waals surface area contributed by atoms with E-state index in [4.69, 9.17) is 4.74 Å². The molecule has 1 saturated heterocycles. The molecule has 0 radical (unpaired) electrons. The van der Waals surface area contributed by atoms with E-state index in [-0.39, 0.29) is 0 Å². The first kappa shape index (κ1) is 19.6. The zero-order valence-corrected chi connectivity index (χ0v) is 17.8. The summed E-state index contributed by atoms with van der Waals surface area (Å²) in [6, 6.07) is 22.4. The highest BCUT2D eigenvalue weighted by Crippen LogP contribution is 2.23. The van der Waals surface area contributed by atoms with E-state index < -0.39 is 0 Å². The maximum Gasteiger partial charge on any atom is 0.247 e. The number of anilines is 2. The van der Waals surface area contributed by atoms with Crippen LogP contribution in [0.2, 0.25) is 0 Å². The van der Waals surface area contributed by atoms with Crippen LogP contribution in [0.25, 0.3) is 16.9 Å². The number of hydrogen-bond donors (Lipinski definition) is 1. The minimum atomic E-state index is 0.572. The SMILES string of the molecule is Cc1cccc(-c2cccc3nc(Nc4ccc(OCCN5CCCC5)cc4)nn23)c1. The van der Waals surface area contributed by atoms with Crippen LogP contribution in [0.5, 0.6) is 5.75 Å². The molecule has 31 heavy (non-hydrogen) atoms. The zero-order chi connectivity index (χ0) is 21.0. The second kappa shape index (κ2) is 8.78. The standard InChI is InChI=1S/C25H27N5O/c1-19-6-4-7-20(18-19)23-8-5-9-24-27-25(28-30(23)24)26-21-10-12-22(13-11-21)31-17-16-29-14-2-3-15-29/h4-13,18H,2-3,14-17H2,1H3,(H,26,28). The van der Waals surface area contributed by atoms with Crippen molar-refractivity contribution in [2.24, 2.45) is 0 Å². The van der Waals surface area contributed by atoms with Crippen molar-refractivity contribution in [1.29, 1.82) is 0 Å². The molecule has 6 heteroatoms. The quantitative estimate of drug-likeness (QED) is 0.466. The van der Waals surface area contributed by atoms with Crippen molar-refractivity contribution in [2.75, 3.05) is 31.6 Å². The average molecular weight is 414 g/mol. The monoisotopic (exact) mass is 413 g/mol. The Bertz CT molecular complexity index is 1160. The molecule has 3 heterocycles. The van der Waals surface area contributed by atoms with Crippen LogP contribution in [0.4, 0.5) is 11.6 Å². The van der Waals surface area contributed by atoms with Gasteiger partial charge in [0.15, 0.2) is 5.65 Å². The lowest BCUT2D eigenvalue weighted by atomic mass is 10.1. The molecule has 6 nitrogen and oxygen atoms in total. The summed E-state index contributed by atoms with van der Waals surface area (Å²) in [6.45, 7) is 6.21. The van der Waals surface area contributed by atoms with Gasteiger partial charge in [0.1, 0.15) is 12.4 Å². The van der Waals surface area contributed by atoms with Crippen LogP contribution < -0.4 is 10.1 Å². The van der Waals surface area contributed by atoms with Gasteiger partial charge in [-0.2, -0.15) is 4.98 Å².